The number of amides is 1. The van der Waals surface area contributed by atoms with Crippen LogP contribution in [0, 0.1) is 6.92 Å². The summed E-state index contributed by atoms with van der Waals surface area (Å²) in [5, 5.41) is 6.86. The molecule has 3 rings (SSSR count). The molecule has 0 aliphatic rings. The molecule has 112 valence electrons. The van der Waals surface area contributed by atoms with Gasteiger partial charge in [0.25, 0.3) is 0 Å². The van der Waals surface area contributed by atoms with Crippen LogP contribution in [-0.4, -0.2) is 20.7 Å². The summed E-state index contributed by atoms with van der Waals surface area (Å²) < 4.78 is 7.51. The highest BCUT2D eigenvalue weighted by Gasteiger charge is 2.11. The van der Waals surface area contributed by atoms with Gasteiger partial charge in [-0.05, 0) is 28.4 Å². The number of rotatable bonds is 3. The number of hydrogen-bond acceptors (Lipinski definition) is 4. The molecule has 2 heterocycles. The number of hydrogen-bond donors (Lipinski definition) is 1. The van der Waals surface area contributed by atoms with Crippen molar-refractivity contribution >= 4 is 33.5 Å². The minimum Gasteiger partial charge on any atom is -0.444 e. The first-order valence-electron chi connectivity index (χ1n) is 6.62. The van der Waals surface area contributed by atoms with Crippen molar-refractivity contribution in [3.8, 4) is 0 Å². The largest absolute Gasteiger partial charge is 0.444 e. The molecule has 0 spiro atoms. The van der Waals surface area contributed by atoms with Crippen LogP contribution in [0.1, 0.15) is 11.3 Å². The number of benzene rings is 1. The molecule has 0 saturated heterocycles. The number of fused-ring (bicyclic) bond motifs is 1. The van der Waals surface area contributed by atoms with Crippen molar-refractivity contribution < 1.29 is 9.53 Å². The molecule has 3 aromatic rings. The summed E-state index contributed by atoms with van der Waals surface area (Å²) in [7, 11) is 0. The van der Waals surface area contributed by atoms with E-state index in [1.54, 1.807) is 16.8 Å². The standard InChI is InChI=1S/C15H13BrN4O2/c1-10-7-13(20-14(18-10)12(16)8-17-20)19-15(21)22-9-11-5-3-2-4-6-11/h2-8H,9H2,1H3,(H,19,21). The maximum atomic E-state index is 11.9. The number of halogens is 1. The fraction of sp³-hybridized carbons (Fsp3) is 0.133. The molecule has 0 unspecified atom stereocenters. The lowest BCUT2D eigenvalue weighted by atomic mass is 10.2. The fourth-order valence-electron chi connectivity index (χ4n) is 2.01. The first-order valence-corrected chi connectivity index (χ1v) is 7.41. The van der Waals surface area contributed by atoms with Crippen LogP contribution in [0.5, 0.6) is 0 Å². The molecule has 0 bridgehead atoms. The number of ether oxygens (including phenoxy) is 1. The van der Waals surface area contributed by atoms with Gasteiger partial charge in [0.1, 0.15) is 12.4 Å². The summed E-state index contributed by atoms with van der Waals surface area (Å²) >= 11 is 3.37. The van der Waals surface area contributed by atoms with Gasteiger partial charge in [0.15, 0.2) is 5.65 Å². The van der Waals surface area contributed by atoms with Crippen molar-refractivity contribution in [3.05, 3.63) is 58.3 Å². The predicted octanol–water partition coefficient (Wildman–Crippen LogP) is 3.55. The van der Waals surface area contributed by atoms with Gasteiger partial charge in [-0.25, -0.2) is 9.78 Å². The van der Waals surface area contributed by atoms with Gasteiger partial charge < -0.3 is 4.74 Å². The summed E-state index contributed by atoms with van der Waals surface area (Å²) in [6, 6.07) is 11.2. The topological polar surface area (TPSA) is 68.5 Å². The summed E-state index contributed by atoms with van der Waals surface area (Å²) in [6.07, 6.45) is 1.09. The van der Waals surface area contributed by atoms with E-state index in [-0.39, 0.29) is 6.61 Å². The highest BCUT2D eigenvalue weighted by atomic mass is 79.9. The lowest BCUT2D eigenvalue weighted by molar-refractivity contribution is 0.155. The molecule has 2 aromatic heterocycles. The van der Waals surface area contributed by atoms with Crippen molar-refractivity contribution in [2.75, 3.05) is 5.32 Å². The van der Waals surface area contributed by atoms with E-state index in [2.05, 4.69) is 31.3 Å². The Kier molecular flexibility index (Phi) is 4.06. The number of nitrogens with zero attached hydrogens (tertiary/aromatic N) is 3. The van der Waals surface area contributed by atoms with Crippen molar-refractivity contribution in [1.82, 2.24) is 14.6 Å². The second-order valence-electron chi connectivity index (χ2n) is 4.70. The maximum Gasteiger partial charge on any atom is 0.413 e. The minimum atomic E-state index is -0.539. The van der Waals surface area contributed by atoms with Gasteiger partial charge in [-0.3, -0.25) is 5.32 Å². The van der Waals surface area contributed by atoms with Crippen LogP contribution in [-0.2, 0) is 11.3 Å². The van der Waals surface area contributed by atoms with E-state index in [0.29, 0.717) is 11.5 Å². The van der Waals surface area contributed by atoms with Crippen LogP contribution in [0.15, 0.2) is 47.1 Å². The zero-order valence-corrected chi connectivity index (χ0v) is 13.4. The molecule has 6 nitrogen and oxygen atoms in total. The molecule has 1 N–H and O–H groups in total. The molecule has 7 heteroatoms. The Balaban J connectivity index is 1.74. The molecule has 0 aliphatic heterocycles. The predicted molar refractivity (Wildman–Crippen MR) is 85.7 cm³/mol. The lowest BCUT2D eigenvalue weighted by Crippen LogP contribution is -2.16. The molecule has 0 radical (unpaired) electrons. The second-order valence-corrected chi connectivity index (χ2v) is 5.55. The van der Waals surface area contributed by atoms with Gasteiger partial charge in [0.05, 0.1) is 10.7 Å². The summed E-state index contributed by atoms with van der Waals surface area (Å²) in [5.74, 6) is 0.506. The van der Waals surface area contributed by atoms with Gasteiger partial charge in [0.2, 0.25) is 0 Å². The monoisotopic (exact) mass is 360 g/mol. The average Bonchev–Trinajstić information content (AvgIpc) is 2.88. The Morgan fingerprint density at radius 3 is 2.91 bits per heavy atom. The number of anilines is 1. The molecule has 1 amide bonds. The van der Waals surface area contributed by atoms with Gasteiger partial charge in [-0.2, -0.15) is 9.61 Å². The molecule has 0 saturated carbocycles. The molecule has 1 aromatic carbocycles. The molecule has 0 aliphatic carbocycles. The molecule has 0 atom stereocenters. The Hall–Kier alpha value is -2.41. The Bertz CT molecular complexity index is 817. The Labute approximate surface area is 135 Å². The Morgan fingerprint density at radius 1 is 1.36 bits per heavy atom. The highest BCUT2D eigenvalue weighted by Crippen LogP contribution is 2.20. The Morgan fingerprint density at radius 2 is 2.14 bits per heavy atom. The van der Waals surface area contributed by atoms with Crippen LogP contribution >= 0.6 is 15.9 Å². The molecule has 0 fully saturated rings. The van der Waals surface area contributed by atoms with Gasteiger partial charge in [0, 0.05) is 11.8 Å². The molecular formula is C15H13BrN4O2. The van der Waals surface area contributed by atoms with Crippen molar-refractivity contribution in [3.63, 3.8) is 0 Å². The third-order valence-electron chi connectivity index (χ3n) is 3.00. The van der Waals surface area contributed by atoms with E-state index in [1.165, 1.54) is 0 Å². The quantitative estimate of drug-likeness (QED) is 0.775. The van der Waals surface area contributed by atoms with Crippen LogP contribution < -0.4 is 5.32 Å². The smallest absolute Gasteiger partial charge is 0.413 e. The highest BCUT2D eigenvalue weighted by molar-refractivity contribution is 9.10. The van der Waals surface area contributed by atoms with Gasteiger partial charge in [-0.15, -0.1) is 0 Å². The SMILES string of the molecule is Cc1cc(NC(=O)OCc2ccccc2)n2ncc(Br)c2n1. The van der Waals surface area contributed by atoms with Crippen molar-refractivity contribution in [2.45, 2.75) is 13.5 Å². The van der Waals surface area contributed by atoms with E-state index in [0.717, 1.165) is 15.7 Å². The van der Waals surface area contributed by atoms with E-state index >= 15 is 0 Å². The van der Waals surface area contributed by atoms with E-state index in [9.17, 15) is 4.79 Å². The number of aromatic nitrogens is 3. The summed E-state index contributed by atoms with van der Waals surface area (Å²) in [6.45, 7) is 2.06. The van der Waals surface area contributed by atoms with Crippen molar-refractivity contribution in [1.29, 1.82) is 0 Å². The summed E-state index contributed by atoms with van der Waals surface area (Å²) in [5.41, 5.74) is 2.33. The maximum absolute atomic E-state index is 11.9. The first-order chi connectivity index (χ1) is 10.6. The average molecular weight is 361 g/mol. The number of nitrogens with one attached hydrogen (secondary N) is 1. The normalized spacial score (nSPS) is 10.6. The minimum absolute atomic E-state index is 0.211. The van der Waals surface area contributed by atoms with E-state index in [4.69, 9.17) is 4.74 Å². The zero-order valence-electron chi connectivity index (χ0n) is 11.8. The first kappa shape index (κ1) is 14.5. The van der Waals surface area contributed by atoms with E-state index in [1.807, 2.05) is 37.3 Å². The third kappa shape index (κ3) is 3.09. The molecular weight excluding hydrogens is 348 g/mol. The third-order valence-corrected chi connectivity index (χ3v) is 3.56. The van der Waals surface area contributed by atoms with E-state index < -0.39 is 6.09 Å². The lowest BCUT2D eigenvalue weighted by Gasteiger charge is -2.09. The second kappa shape index (κ2) is 6.15. The number of carbonyl (C=O) groups excluding carboxylic acids is 1. The number of aryl methyl sites for hydroxylation is 1. The fourth-order valence-corrected chi connectivity index (χ4v) is 2.36. The zero-order chi connectivity index (χ0) is 15.5. The van der Waals surface area contributed by atoms with Gasteiger partial charge in [-0.1, -0.05) is 30.3 Å². The molecule has 22 heavy (non-hydrogen) atoms. The van der Waals surface area contributed by atoms with Gasteiger partial charge >= 0.3 is 6.09 Å². The van der Waals surface area contributed by atoms with Crippen LogP contribution in [0.2, 0.25) is 0 Å². The number of carbonyl (C=O) groups is 1. The van der Waals surface area contributed by atoms with Crippen molar-refractivity contribution in [2.24, 2.45) is 0 Å². The van der Waals surface area contributed by atoms with Crippen LogP contribution in [0.25, 0.3) is 5.65 Å². The summed E-state index contributed by atoms with van der Waals surface area (Å²) in [4.78, 5) is 16.3. The van der Waals surface area contributed by atoms with Crippen LogP contribution in [0.3, 0.4) is 0 Å². The van der Waals surface area contributed by atoms with Crippen LogP contribution in [0.4, 0.5) is 10.6 Å².